The Morgan fingerprint density at radius 1 is 1.10 bits per heavy atom. The molecule has 3 aromatic rings. The van der Waals surface area contributed by atoms with Gasteiger partial charge in [0.05, 0.1) is 22.7 Å². The minimum atomic E-state index is -3.95. The molecular weight excluding hydrogens is 572 g/mol. The molecule has 0 bridgehead atoms. The van der Waals surface area contributed by atoms with Crippen LogP contribution in [0.2, 0.25) is 0 Å². The van der Waals surface area contributed by atoms with Crippen LogP contribution in [0.5, 0.6) is 0 Å². The van der Waals surface area contributed by atoms with Gasteiger partial charge in [0.25, 0.3) is 6.43 Å². The summed E-state index contributed by atoms with van der Waals surface area (Å²) >= 11 is 0.687. The average Bonchev–Trinajstić information content (AvgIpc) is 3.22. The summed E-state index contributed by atoms with van der Waals surface area (Å²) in [5.41, 5.74) is 0.558. The molecule has 0 aromatic carbocycles. The summed E-state index contributed by atoms with van der Waals surface area (Å²) in [7, 11) is -7.47. The fourth-order valence-corrected chi connectivity index (χ4v) is 8.75. The summed E-state index contributed by atoms with van der Waals surface area (Å²) in [4.78, 5) is 6.33. The Labute approximate surface area is 230 Å². The van der Waals surface area contributed by atoms with E-state index >= 15 is 0 Å². The predicted molar refractivity (Wildman–Crippen MR) is 144 cm³/mol. The van der Waals surface area contributed by atoms with Crippen molar-refractivity contribution in [3.63, 3.8) is 0 Å². The van der Waals surface area contributed by atoms with E-state index < -0.39 is 42.3 Å². The van der Waals surface area contributed by atoms with E-state index in [1.165, 1.54) is 21.1 Å². The maximum absolute atomic E-state index is 13.4. The summed E-state index contributed by atoms with van der Waals surface area (Å²) in [5.74, 6) is 0.187. The van der Waals surface area contributed by atoms with Crippen molar-refractivity contribution in [2.24, 2.45) is 0 Å². The molecule has 1 N–H and O–H groups in total. The number of anilines is 1. The maximum atomic E-state index is 13.4. The van der Waals surface area contributed by atoms with Gasteiger partial charge in [-0.1, -0.05) is 11.3 Å². The van der Waals surface area contributed by atoms with Crippen molar-refractivity contribution in [3.05, 3.63) is 23.5 Å². The topological polar surface area (TPSA) is 130 Å². The highest BCUT2D eigenvalue weighted by molar-refractivity contribution is 7.90. The summed E-state index contributed by atoms with van der Waals surface area (Å²) < 4.78 is 85.2. The Morgan fingerprint density at radius 3 is 2.28 bits per heavy atom. The van der Waals surface area contributed by atoms with Crippen molar-refractivity contribution < 1.29 is 25.6 Å². The zero-order chi connectivity index (χ0) is 28.5. The van der Waals surface area contributed by atoms with Crippen LogP contribution in [0, 0.1) is 0 Å². The van der Waals surface area contributed by atoms with E-state index in [2.05, 4.69) is 19.9 Å². The number of sulfonamides is 2. The van der Waals surface area contributed by atoms with Crippen LogP contribution in [0.3, 0.4) is 0 Å². The fourth-order valence-electron chi connectivity index (χ4n) is 4.95. The van der Waals surface area contributed by atoms with Gasteiger partial charge in [-0.3, -0.25) is 4.40 Å². The van der Waals surface area contributed by atoms with Gasteiger partial charge in [0.2, 0.25) is 20.0 Å². The van der Waals surface area contributed by atoms with Crippen LogP contribution in [-0.2, 0) is 20.0 Å². The number of hydrogen-bond acceptors (Lipinski definition) is 9. The number of fused-ring (bicyclic) bond motifs is 1. The van der Waals surface area contributed by atoms with Crippen molar-refractivity contribution in [2.45, 2.75) is 81.7 Å². The summed E-state index contributed by atoms with van der Waals surface area (Å²) in [6.45, 7) is 9.40. The van der Waals surface area contributed by atoms with Crippen LogP contribution >= 0.6 is 11.3 Å². The van der Waals surface area contributed by atoms with E-state index in [1.54, 1.807) is 19.9 Å². The van der Waals surface area contributed by atoms with Crippen LogP contribution in [-0.4, -0.2) is 76.7 Å². The molecule has 39 heavy (non-hydrogen) atoms. The SMILES string of the molecule is CC(C)S(=O)(=O)N1[C@@H](C)CN(c2cc(S(=O)(=O)NC3(C)CC3)cn3c(-c4nnc(C(F)F)s4)ncc23)C[C@@H]1C. The van der Waals surface area contributed by atoms with Crippen molar-refractivity contribution in [1.29, 1.82) is 0 Å². The van der Waals surface area contributed by atoms with Gasteiger partial charge in [-0.25, -0.2) is 35.3 Å². The molecule has 2 atom stereocenters. The van der Waals surface area contributed by atoms with Crippen LogP contribution in [0.15, 0.2) is 23.4 Å². The van der Waals surface area contributed by atoms with Gasteiger partial charge in [-0.15, -0.1) is 10.2 Å². The number of nitrogens with one attached hydrogen (secondary N) is 1. The van der Waals surface area contributed by atoms with Gasteiger partial charge in [0, 0.05) is 36.9 Å². The number of aromatic nitrogens is 4. The first-order valence-electron chi connectivity index (χ1n) is 12.6. The van der Waals surface area contributed by atoms with E-state index in [1.807, 2.05) is 25.7 Å². The molecule has 0 amide bonds. The number of imidazole rings is 1. The third kappa shape index (κ3) is 5.16. The van der Waals surface area contributed by atoms with Crippen molar-refractivity contribution in [3.8, 4) is 10.8 Å². The lowest BCUT2D eigenvalue weighted by atomic mass is 10.1. The second-order valence-electron chi connectivity index (χ2n) is 10.8. The molecule has 5 rings (SSSR count). The number of piperazine rings is 1. The molecule has 1 saturated heterocycles. The third-order valence-corrected chi connectivity index (χ3v) is 12.2. The Balaban J connectivity index is 1.62. The molecule has 2 fully saturated rings. The predicted octanol–water partition coefficient (Wildman–Crippen LogP) is 3.26. The van der Waals surface area contributed by atoms with E-state index in [4.69, 9.17) is 0 Å². The van der Waals surface area contributed by atoms with E-state index in [9.17, 15) is 25.6 Å². The largest absolute Gasteiger partial charge is 0.367 e. The number of halogens is 2. The number of alkyl halides is 2. The first-order chi connectivity index (χ1) is 18.1. The molecule has 2 aliphatic rings. The van der Waals surface area contributed by atoms with Gasteiger partial charge in [-0.2, -0.15) is 4.31 Å². The molecule has 1 aliphatic heterocycles. The monoisotopic (exact) mass is 603 g/mol. The third-order valence-electron chi connectivity index (χ3n) is 7.17. The quantitative estimate of drug-likeness (QED) is 0.415. The van der Waals surface area contributed by atoms with Gasteiger partial charge >= 0.3 is 0 Å². The molecule has 1 aliphatic carbocycles. The Kier molecular flexibility index (Phi) is 7.01. The van der Waals surface area contributed by atoms with E-state index in [-0.39, 0.29) is 27.8 Å². The number of hydrogen-bond donors (Lipinski definition) is 1. The maximum Gasteiger partial charge on any atom is 0.291 e. The van der Waals surface area contributed by atoms with Crippen LogP contribution in [0.1, 0.15) is 58.9 Å². The highest BCUT2D eigenvalue weighted by Crippen LogP contribution is 2.38. The minimum Gasteiger partial charge on any atom is -0.367 e. The van der Waals surface area contributed by atoms with Crippen LogP contribution in [0.25, 0.3) is 16.3 Å². The van der Waals surface area contributed by atoms with Crippen molar-refractivity contribution >= 4 is 42.6 Å². The first-order valence-corrected chi connectivity index (χ1v) is 16.4. The van der Waals surface area contributed by atoms with Gasteiger partial charge in [0.15, 0.2) is 15.8 Å². The standard InChI is InChI=1S/C23H31F2N7O4S3/c1-13(2)39(35,36)32-14(3)10-30(11-15(32)4)17-8-16(38(33,34)29-23(5)6-7-23)12-31-18(17)9-26-20(31)22-28-27-21(37-22)19(24)25/h8-9,12-15,19,29H,6-7,10-11H2,1-5H3/t14-,15-/m0/s1. The van der Waals surface area contributed by atoms with Crippen molar-refractivity contribution in [1.82, 2.24) is 28.6 Å². The van der Waals surface area contributed by atoms with Crippen LogP contribution in [0.4, 0.5) is 14.5 Å². The molecule has 0 unspecified atom stereocenters. The number of pyridine rings is 1. The molecule has 0 radical (unpaired) electrons. The molecule has 4 heterocycles. The summed E-state index contributed by atoms with van der Waals surface area (Å²) in [6, 6.07) is 0.791. The molecule has 3 aromatic heterocycles. The number of nitrogens with zero attached hydrogens (tertiary/aromatic N) is 6. The zero-order valence-corrected chi connectivity index (χ0v) is 24.6. The lowest BCUT2D eigenvalue weighted by molar-refractivity contribution is 0.150. The highest BCUT2D eigenvalue weighted by Gasteiger charge is 2.42. The summed E-state index contributed by atoms with van der Waals surface area (Å²) in [6.07, 6.45) is 1.59. The second kappa shape index (κ2) is 9.68. The highest BCUT2D eigenvalue weighted by atomic mass is 32.2. The fraction of sp³-hybridized carbons (Fsp3) is 0.609. The Hall–Kier alpha value is -2.27. The minimum absolute atomic E-state index is 0.0199. The normalized spacial score (nSPS) is 22.3. The number of rotatable bonds is 8. The molecule has 16 heteroatoms. The molecule has 11 nitrogen and oxygen atoms in total. The zero-order valence-electron chi connectivity index (χ0n) is 22.2. The smallest absolute Gasteiger partial charge is 0.291 e. The Morgan fingerprint density at radius 2 is 1.74 bits per heavy atom. The Bertz CT molecular complexity index is 1610. The van der Waals surface area contributed by atoms with Gasteiger partial charge < -0.3 is 4.90 Å². The lowest BCUT2D eigenvalue weighted by Gasteiger charge is -2.45. The molecule has 214 valence electrons. The summed E-state index contributed by atoms with van der Waals surface area (Å²) in [5, 5.41) is 6.50. The van der Waals surface area contributed by atoms with Gasteiger partial charge in [0.1, 0.15) is 4.90 Å². The van der Waals surface area contributed by atoms with Gasteiger partial charge in [-0.05, 0) is 53.5 Å². The molecule has 1 saturated carbocycles. The first kappa shape index (κ1) is 28.3. The lowest BCUT2D eigenvalue weighted by Crippen LogP contribution is -2.60. The van der Waals surface area contributed by atoms with E-state index in [0.717, 1.165) is 12.8 Å². The average molecular weight is 604 g/mol. The molecule has 0 spiro atoms. The second-order valence-corrected chi connectivity index (χ2v) is 15.9. The van der Waals surface area contributed by atoms with Crippen molar-refractivity contribution in [2.75, 3.05) is 18.0 Å². The molecular formula is C23H31F2N7O4S3. The van der Waals surface area contributed by atoms with E-state index in [0.29, 0.717) is 35.6 Å². The van der Waals surface area contributed by atoms with Crippen LogP contribution < -0.4 is 9.62 Å².